The zero-order chi connectivity index (χ0) is 29.2. The Balaban J connectivity index is 1.38. The van der Waals surface area contributed by atoms with Crippen molar-refractivity contribution in [1.82, 2.24) is 10.2 Å². The summed E-state index contributed by atoms with van der Waals surface area (Å²) in [5.74, 6) is -1.07. The van der Waals surface area contributed by atoms with E-state index >= 15 is 0 Å². The number of esters is 1. The molecule has 0 saturated carbocycles. The number of hydrogen-bond donors (Lipinski definition) is 4. The highest BCUT2D eigenvalue weighted by molar-refractivity contribution is 6.30. The summed E-state index contributed by atoms with van der Waals surface area (Å²) in [6, 6.07) is 20.6. The van der Waals surface area contributed by atoms with Crippen LogP contribution in [0.4, 0.5) is 5.69 Å². The van der Waals surface area contributed by atoms with Gasteiger partial charge in [0.15, 0.2) is 6.61 Å². The van der Waals surface area contributed by atoms with Crippen LogP contribution in [0, 0.1) is 0 Å². The summed E-state index contributed by atoms with van der Waals surface area (Å²) in [6.45, 7) is 3.92. The van der Waals surface area contributed by atoms with Gasteiger partial charge in [-0.25, -0.2) is 4.79 Å². The van der Waals surface area contributed by atoms with Crippen LogP contribution < -0.4 is 15.4 Å². The first-order valence-corrected chi connectivity index (χ1v) is 14.0. The largest absolute Gasteiger partial charge is 0.508 e. The summed E-state index contributed by atoms with van der Waals surface area (Å²) < 4.78 is 11.0. The van der Waals surface area contributed by atoms with E-state index in [1.807, 2.05) is 24.3 Å². The van der Waals surface area contributed by atoms with Gasteiger partial charge in [0.1, 0.15) is 23.7 Å². The van der Waals surface area contributed by atoms with Crippen molar-refractivity contribution >= 4 is 29.2 Å². The highest BCUT2D eigenvalue weighted by Crippen LogP contribution is 2.30. The Labute approximate surface area is 245 Å². The van der Waals surface area contributed by atoms with Gasteiger partial charge in [-0.3, -0.25) is 9.69 Å². The summed E-state index contributed by atoms with van der Waals surface area (Å²) in [4.78, 5) is 26.9. The molecular weight excluding hydrogens is 546 g/mol. The molecule has 1 aliphatic rings. The number of anilines is 1. The van der Waals surface area contributed by atoms with E-state index in [0.29, 0.717) is 23.7 Å². The van der Waals surface area contributed by atoms with E-state index < -0.39 is 24.1 Å². The van der Waals surface area contributed by atoms with Gasteiger partial charge in [0.05, 0.1) is 11.3 Å². The molecule has 1 aliphatic heterocycles. The summed E-state index contributed by atoms with van der Waals surface area (Å²) in [5.41, 5.74) is 0.451. The number of phenolic OH excluding ortho intramolecular Hbond substituents is 1. The smallest absolute Gasteiger partial charge is 0.338 e. The van der Waals surface area contributed by atoms with Gasteiger partial charge < -0.3 is 30.3 Å². The molecule has 1 unspecified atom stereocenters. The predicted octanol–water partition coefficient (Wildman–Crippen LogP) is 4.23. The van der Waals surface area contributed by atoms with Crippen LogP contribution in [0.5, 0.6) is 11.5 Å². The van der Waals surface area contributed by atoms with Gasteiger partial charge in [0, 0.05) is 30.2 Å². The number of phenols is 1. The van der Waals surface area contributed by atoms with E-state index in [9.17, 15) is 19.8 Å². The fourth-order valence-corrected chi connectivity index (χ4v) is 4.86. The van der Waals surface area contributed by atoms with Crippen LogP contribution in [0.2, 0.25) is 5.02 Å². The Bertz CT molecular complexity index is 1300. The minimum absolute atomic E-state index is 0.0628. The quantitative estimate of drug-likeness (QED) is 0.185. The number of ether oxygens (including phenoxy) is 2. The van der Waals surface area contributed by atoms with Crippen LogP contribution in [-0.4, -0.2) is 71.5 Å². The highest BCUT2D eigenvalue weighted by Gasteiger charge is 2.30. The molecule has 0 bridgehead atoms. The topological polar surface area (TPSA) is 120 Å². The van der Waals surface area contributed by atoms with Gasteiger partial charge in [0.25, 0.3) is 5.91 Å². The maximum absolute atomic E-state index is 12.5. The molecule has 1 amide bonds. The summed E-state index contributed by atoms with van der Waals surface area (Å²) in [6.07, 6.45) is 1.92. The number of piperidine rings is 1. The summed E-state index contributed by atoms with van der Waals surface area (Å²) in [7, 11) is 0. The Hall–Kier alpha value is -3.63. The number of rotatable bonds is 12. The minimum atomic E-state index is -1.25. The first-order valence-electron chi connectivity index (χ1n) is 13.6. The number of nitrogens with one attached hydrogen (secondary N) is 2. The first-order chi connectivity index (χ1) is 19.7. The standard InChI is InChI=1S/C31H36ClN3O6/c1-31(39,20-35(25-13-15-33-16-14-25)18-22-7-9-24(32)10-8-22)21-41-28-17-26(36)11-12-27(28)34-29(37)19-40-30(38)23-5-3-2-4-6-23/h2-12,17,25,33,36,39H,13-16,18-21H2,1H3,(H,34,37). The Morgan fingerprint density at radius 1 is 1.07 bits per heavy atom. The molecule has 4 rings (SSSR count). The van der Waals surface area contributed by atoms with Gasteiger partial charge in [-0.2, -0.15) is 0 Å². The van der Waals surface area contributed by atoms with Crippen molar-refractivity contribution in [2.24, 2.45) is 0 Å². The monoisotopic (exact) mass is 581 g/mol. The van der Waals surface area contributed by atoms with Gasteiger partial charge >= 0.3 is 5.97 Å². The Morgan fingerprint density at radius 2 is 1.78 bits per heavy atom. The molecule has 1 saturated heterocycles. The molecule has 0 spiro atoms. The van der Waals surface area contributed by atoms with Crippen molar-refractivity contribution in [3.63, 3.8) is 0 Å². The molecule has 10 heteroatoms. The van der Waals surface area contributed by atoms with E-state index in [0.717, 1.165) is 31.5 Å². The molecule has 0 radical (unpaired) electrons. The lowest BCUT2D eigenvalue weighted by molar-refractivity contribution is -0.119. The normalized spacial score (nSPS) is 15.2. The Kier molecular flexibility index (Phi) is 10.6. The fourth-order valence-electron chi connectivity index (χ4n) is 4.74. The van der Waals surface area contributed by atoms with Gasteiger partial charge in [-0.15, -0.1) is 0 Å². The average Bonchev–Trinajstić information content (AvgIpc) is 2.97. The summed E-state index contributed by atoms with van der Waals surface area (Å²) in [5, 5.41) is 28.1. The van der Waals surface area contributed by atoms with Crippen LogP contribution in [0.1, 0.15) is 35.7 Å². The van der Waals surface area contributed by atoms with Crippen molar-refractivity contribution < 1.29 is 29.3 Å². The molecule has 1 heterocycles. The lowest BCUT2D eigenvalue weighted by atomic mass is 10.00. The first kappa shape index (κ1) is 30.3. The number of nitrogens with zero attached hydrogens (tertiary/aromatic N) is 1. The maximum Gasteiger partial charge on any atom is 0.338 e. The second-order valence-electron chi connectivity index (χ2n) is 10.5. The molecule has 41 heavy (non-hydrogen) atoms. The molecule has 0 aromatic heterocycles. The van der Waals surface area contributed by atoms with Crippen molar-refractivity contribution in [2.45, 2.75) is 38.0 Å². The molecule has 3 aromatic rings. The zero-order valence-electron chi connectivity index (χ0n) is 23.0. The number of aliphatic hydroxyl groups is 1. The van der Waals surface area contributed by atoms with Crippen molar-refractivity contribution in [2.75, 3.05) is 38.2 Å². The number of amides is 1. The van der Waals surface area contributed by atoms with Gasteiger partial charge in [0.2, 0.25) is 0 Å². The fraction of sp³-hybridized carbons (Fsp3) is 0.355. The van der Waals surface area contributed by atoms with Gasteiger partial charge in [-0.1, -0.05) is 41.9 Å². The number of halogens is 1. The number of carbonyl (C=O) groups excluding carboxylic acids is 2. The number of carbonyl (C=O) groups is 2. The van der Waals surface area contributed by atoms with Crippen LogP contribution in [0.3, 0.4) is 0 Å². The maximum atomic E-state index is 12.5. The van der Waals surface area contributed by atoms with E-state index in [1.165, 1.54) is 18.2 Å². The summed E-state index contributed by atoms with van der Waals surface area (Å²) >= 11 is 6.07. The lowest BCUT2D eigenvalue weighted by Crippen LogP contribution is -2.51. The van der Waals surface area contributed by atoms with Crippen LogP contribution in [-0.2, 0) is 16.1 Å². The predicted molar refractivity (Wildman–Crippen MR) is 157 cm³/mol. The van der Waals surface area contributed by atoms with Crippen molar-refractivity contribution in [3.05, 3.63) is 88.9 Å². The average molecular weight is 582 g/mol. The molecular formula is C31H36ClN3O6. The molecule has 1 atom stereocenters. The number of hydrogen-bond acceptors (Lipinski definition) is 8. The second-order valence-corrected chi connectivity index (χ2v) is 10.9. The molecule has 4 N–H and O–H groups in total. The molecule has 3 aromatic carbocycles. The highest BCUT2D eigenvalue weighted by atomic mass is 35.5. The van der Waals surface area contributed by atoms with Crippen LogP contribution in [0.25, 0.3) is 0 Å². The third-order valence-electron chi connectivity index (χ3n) is 6.79. The lowest BCUT2D eigenvalue weighted by Gasteiger charge is -2.39. The zero-order valence-corrected chi connectivity index (χ0v) is 23.8. The van der Waals surface area contributed by atoms with Crippen LogP contribution in [0.15, 0.2) is 72.8 Å². The van der Waals surface area contributed by atoms with E-state index in [4.69, 9.17) is 21.1 Å². The molecule has 218 valence electrons. The number of aromatic hydroxyl groups is 1. The van der Waals surface area contributed by atoms with E-state index in [2.05, 4.69) is 15.5 Å². The van der Waals surface area contributed by atoms with Crippen molar-refractivity contribution in [1.29, 1.82) is 0 Å². The van der Waals surface area contributed by atoms with Crippen molar-refractivity contribution in [3.8, 4) is 11.5 Å². The Morgan fingerprint density at radius 3 is 2.49 bits per heavy atom. The van der Waals surface area contributed by atoms with Gasteiger partial charge in [-0.05, 0) is 74.8 Å². The minimum Gasteiger partial charge on any atom is -0.508 e. The molecule has 0 aliphatic carbocycles. The third kappa shape index (κ3) is 9.47. The third-order valence-corrected chi connectivity index (χ3v) is 7.04. The second kappa shape index (κ2) is 14.3. The van der Waals surface area contributed by atoms with E-state index in [1.54, 1.807) is 37.3 Å². The van der Waals surface area contributed by atoms with E-state index in [-0.39, 0.29) is 29.8 Å². The molecule has 9 nitrogen and oxygen atoms in total. The SMILES string of the molecule is CC(O)(COc1cc(O)ccc1NC(=O)COC(=O)c1ccccc1)CN(Cc1ccc(Cl)cc1)C1CCNCC1. The molecule has 1 fully saturated rings. The number of benzene rings is 3. The van der Waals surface area contributed by atoms with Crippen LogP contribution >= 0.6 is 11.6 Å².